The molecule has 7 heteroatoms. The van der Waals surface area contributed by atoms with Crippen molar-refractivity contribution in [2.45, 2.75) is 234 Å². The summed E-state index contributed by atoms with van der Waals surface area (Å²) < 4.78 is 0. The van der Waals surface area contributed by atoms with Crippen molar-refractivity contribution in [3.8, 4) is 0 Å². The monoisotopic (exact) mass is 733 g/mol. The first-order valence-corrected chi connectivity index (χ1v) is 20.1. The van der Waals surface area contributed by atoms with Gasteiger partial charge in [-0.15, -0.1) is 0 Å². The van der Waals surface area contributed by atoms with Crippen LogP contribution in [0.4, 0.5) is 0 Å². The molecule has 0 saturated carbocycles. The topological polar surface area (TPSA) is 115 Å². The molecule has 0 aliphatic heterocycles. The zero-order valence-corrected chi connectivity index (χ0v) is 34.9. The Balaban J connectivity index is -0.000000212. The van der Waals surface area contributed by atoms with Gasteiger partial charge in [0.1, 0.15) is 0 Å². The summed E-state index contributed by atoms with van der Waals surface area (Å²) in [6.07, 6.45) is 42.1. The van der Waals surface area contributed by atoms with Gasteiger partial charge in [-0.25, -0.2) is 0 Å². The van der Waals surface area contributed by atoms with Crippen LogP contribution in [0.3, 0.4) is 0 Å². The molecule has 0 spiro atoms. The summed E-state index contributed by atoms with van der Waals surface area (Å²) >= 11 is 0. The maximum absolute atomic E-state index is 10.3. The Kier molecular flexibility index (Phi) is 63.1. The Bertz CT molecular complexity index is 602. The zero-order valence-electron chi connectivity index (χ0n) is 33.4. The number of carboxylic acid groups (broad SMARTS) is 2. The molecule has 0 aromatic rings. The van der Waals surface area contributed by atoms with Gasteiger partial charge in [0, 0.05) is 46.8 Å². The van der Waals surface area contributed by atoms with Crippen molar-refractivity contribution >= 4 is 11.9 Å². The average molecular weight is 733 g/mol. The van der Waals surface area contributed by atoms with Crippen LogP contribution in [0.25, 0.3) is 0 Å². The second-order valence-electron chi connectivity index (χ2n) is 13.6. The summed E-state index contributed by atoms with van der Waals surface area (Å²) in [4.78, 5) is 20.6. The molecule has 0 bridgehead atoms. The second kappa shape index (κ2) is 53.8. The fraction of sp³-hybridized carbons (Fsp3) is 0.857. The molecule has 0 radical (unpaired) electrons. The summed E-state index contributed by atoms with van der Waals surface area (Å²) in [6.45, 7) is 11.4. The van der Waals surface area contributed by atoms with Gasteiger partial charge in [0.05, 0.1) is 0 Å². The maximum atomic E-state index is 10.3. The van der Waals surface area contributed by atoms with Gasteiger partial charge in [-0.05, 0) is 91.9 Å². The quantitative estimate of drug-likeness (QED) is 0.0332. The summed E-state index contributed by atoms with van der Waals surface area (Å²) in [5, 5.41) is 33.1. The van der Waals surface area contributed by atoms with Crippen LogP contribution in [-0.2, 0) is 31.3 Å². The summed E-state index contributed by atoms with van der Waals surface area (Å²) in [7, 11) is 0. The Hall–Kier alpha value is -0.946. The normalized spacial score (nSPS) is 10.7. The van der Waals surface area contributed by atoms with Crippen LogP contribution in [-0.4, -0.2) is 44.6 Å². The number of aliphatic hydroxyl groups is 2. The van der Waals surface area contributed by atoms with E-state index in [2.05, 4.69) is 38.2 Å². The second-order valence-corrected chi connectivity index (χ2v) is 13.6. The van der Waals surface area contributed by atoms with E-state index < -0.39 is 11.9 Å². The number of carbonyl (C=O) groups is 2. The third-order valence-electron chi connectivity index (χ3n) is 7.30. The van der Waals surface area contributed by atoms with Gasteiger partial charge in [-0.1, -0.05) is 141 Å². The first-order chi connectivity index (χ1) is 23.0. The van der Waals surface area contributed by atoms with Crippen molar-refractivity contribution in [1.82, 2.24) is 0 Å². The van der Waals surface area contributed by atoms with E-state index in [1.54, 1.807) is 27.7 Å². The molecule has 0 saturated heterocycles. The molecular formula is C42H84O6Ti. The first kappa shape index (κ1) is 57.4. The number of carboxylic acids is 2. The van der Waals surface area contributed by atoms with Gasteiger partial charge in [-0.2, -0.15) is 0 Å². The minimum absolute atomic E-state index is 0. The minimum atomic E-state index is -0.664. The number of allylic oxidation sites excluding steroid dienone is 4. The fourth-order valence-electron chi connectivity index (χ4n) is 4.69. The predicted molar refractivity (Wildman–Crippen MR) is 209 cm³/mol. The Labute approximate surface area is 320 Å². The molecule has 0 fully saturated rings. The number of hydrogen-bond donors (Lipinski definition) is 4. The van der Waals surface area contributed by atoms with E-state index in [1.807, 2.05) is 0 Å². The van der Waals surface area contributed by atoms with E-state index in [9.17, 15) is 9.59 Å². The van der Waals surface area contributed by atoms with Crippen molar-refractivity contribution in [3.63, 3.8) is 0 Å². The summed E-state index contributed by atoms with van der Waals surface area (Å²) in [5.41, 5.74) is 0. The van der Waals surface area contributed by atoms with Crippen LogP contribution in [0.15, 0.2) is 24.3 Å². The molecule has 4 N–H and O–H groups in total. The number of hydrogen-bond acceptors (Lipinski definition) is 4. The Morgan fingerprint density at radius 1 is 0.408 bits per heavy atom. The standard InChI is InChI=1S/2C18H34O2.2C3H8O.Ti/c2*1-2-3-4-5-6-7-8-9-10-11-12-13-14-15-16-17-18(19)20;2*1-3(2)4;/h2*9-10H,2-8,11-17H2,1H3,(H,19,20);2*3-4H,1-2H3;. The molecule has 0 aliphatic rings. The van der Waals surface area contributed by atoms with E-state index in [0.717, 1.165) is 25.7 Å². The molecule has 0 aromatic heterocycles. The molecule has 0 amide bonds. The maximum Gasteiger partial charge on any atom is 0.303 e. The van der Waals surface area contributed by atoms with Gasteiger partial charge in [0.2, 0.25) is 0 Å². The third kappa shape index (κ3) is 87.4. The van der Waals surface area contributed by atoms with Crippen LogP contribution in [0.5, 0.6) is 0 Å². The van der Waals surface area contributed by atoms with E-state index in [4.69, 9.17) is 20.4 Å². The minimum Gasteiger partial charge on any atom is -0.481 e. The molecule has 0 aliphatic carbocycles. The zero-order chi connectivity index (χ0) is 36.9. The van der Waals surface area contributed by atoms with Crippen molar-refractivity contribution < 1.29 is 51.7 Å². The van der Waals surface area contributed by atoms with Gasteiger partial charge in [0.15, 0.2) is 0 Å². The van der Waals surface area contributed by atoms with Crippen molar-refractivity contribution in [2.24, 2.45) is 0 Å². The third-order valence-corrected chi connectivity index (χ3v) is 7.30. The van der Waals surface area contributed by atoms with E-state index in [0.29, 0.717) is 12.8 Å². The Morgan fingerprint density at radius 3 is 0.796 bits per heavy atom. The van der Waals surface area contributed by atoms with Gasteiger partial charge < -0.3 is 20.4 Å². The SMILES string of the molecule is CC(C)O.CC(C)O.CCCCCCCCC=CCCCCCCCC(=O)O.CCCCCCCCC=CCCCCCCCC(=O)O.[Ti]. The van der Waals surface area contributed by atoms with E-state index >= 15 is 0 Å². The molecule has 0 rings (SSSR count). The van der Waals surface area contributed by atoms with Crippen molar-refractivity contribution in [3.05, 3.63) is 24.3 Å². The molecule has 6 nitrogen and oxygen atoms in total. The van der Waals surface area contributed by atoms with Crippen molar-refractivity contribution in [1.29, 1.82) is 0 Å². The number of unbranched alkanes of at least 4 members (excludes halogenated alkanes) is 22. The van der Waals surface area contributed by atoms with Gasteiger partial charge in [0.25, 0.3) is 0 Å². The number of aliphatic carboxylic acids is 2. The summed E-state index contributed by atoms with van der Waals surface area (Å²) in [6, 6.07) is 0. The van der Waals surface area contributed by atoms with Crippen molar-refractivity contribution in [2.75, 3.05) is 0 Å². The van der Waals surface area contributed by atoms with E-state index in [1.165, 1.54) is 141 Å². The molecule has 292 valence electrons. The van der Waals surface area contributed by atoms with Crippen LogP contribution < -0.4 is 0 Å². The first-order valence-electron chi connectivity index (χ1n) is 20.1. The largest absolute Gasteiger partial charge is 0.481 e. The van der Waals surface area contributed by atoms with Gasteiger partial charge in [-0.3, -0.25) is 9.59 Å². The molecule has 0 unspecified atom stereocenters. The fourth-order valence-corrected chi connectivity index (χ4v) is 4.69. The van der Waals surface area contributed by atoms with E-state index in [-0.39, 0.29) is 33.9 Å². The smallest absolute Gasteiger partial charge is 0.303 e. The number of aliphatic hydroxyl groups excluding tert-OH is 2. The average Bonchev–Trinajstić information content (AvgIpc) is 3.00. The molecular weight excluding hydrogens is 648 g/mol. The summed E-state index contributed by atoms with van der Waals surface area (Å²) in [5.74, 6) is -1.33. The van der Waals surface area contributed by atoms with Crippen LogP contribution in [0.2, 0.25) is 0 Å². The Morgan fingerprint density at radius 2 is 0.592 bits per heavy atom. The number of rotatable bonds is 30. The van der Waals surface area contributed by atoms with Gasteiger partial charge >= 0.3 is 11.9 Å². The van der Waals surface area contributed by atoms with Crippen LogP contribution in [0, 0.1) is 0 Å². The molecule has 0 aromatic carbocycles. The molecule has 49 heavy (non-hydrogen) atoms. The molecule has 0 atom stereocenters. The van der Waals surface area contributed by atoms with Crippen LogP contribution in [0.1, 0.15) is 221 Å². The van der Waals surface area contributed by atoms with Crippen LogP contribution >= 0.6 is 0 Å². The predicted octanol–water partition coefficient (Wildman–Crippen LogP) is 13.0. The molecule has 0 heterocycles.